The topological polar surface area (TPSA) is 60.7 Å². The number of para-hydroxylation sites is 2. The summed E-state index contributed by atoms with van der Waals surface area (Å²) in [5.41, 5.74) is 1.73. The van der Waals surface area contributed by atoms with Crippen molar-refractivity contribution in [2.24, 2.45) is 4.40 Å². The number of ether oxygens (including phenoxy) is 1. The van der Waals surface area contributed by atoms with Crippen LogP contribution in [0.25, 0.3) is 5.69 Å². The molecule has 3 rings (SSSR count). The van der Waals surface area contributed by atoms with E-state index in [9.17, 15) is 8.42 Å². The fraction of sp³-hybridized carbons (Fsp3) is 0.118. The van der Waals surface area contributed by atoms with E-state index in [1.54, 1.807) is 47.5 Å². The first kappa shape index (κ1) is 16.5. The van der Waals surface area contributed by atoms with Gasteiger partial charge in [-0.05, 0) is 31.2 Å². The molecule has 0 saturated heterocycles. The molecule has 0 aliphatic carbocycles. The van der Waals surface area contributed by atoms with Gasteiger partial charge in [-0.3, -0.25) is 4.57 Å². The molecule has 2 aromatic carbocycles. The number of nitrogens with zero attached hydrogens (tertiary/aromatic N) is 2. The molecule has 0 saturated carbocycles. The van der Waals surface area contributed by atoms with E-state index in [4.69, 9.17) is 4.74 Å². The molecule has 124 valence electrons. The number of benzene rings is 2. The Kier molecular flexibility index (Phi) is 4.55. The smallest absolute Gasteiger partial charge is 0.285 e. The molecule has 0 aliphatic heterocycles. The van der Waals surface area contributed by atoms with Crippen LogP contribution in [0.15, 0.2) is 69.4 Å². The van der Waals surface area contributed by atoms with Gasteiger partial charge in [0.15, 0.2) is 0 Å². The molecule has 0 N–H and O–H groups in total. The predicted octanol–water partition coefficient (Wildman–Crippen LogP) is 3.15. The zero-order chi connectivity index (χ0) is 17.2. The minimum atomic E-state index is -3.78. The van der Waals surface area contributed by atoms with Crippen LogP contribution in [-0.4, -0.2) is 20.1 Å². The van der Waals surface area contributed by atoms with Gasteiger partial charge in [-0.2, -0.15) is 8.42 Å². The summed E-state index contributed by atoms with van der Waals surface area (Å²) in [6.07, 6.45) is 1.77. The van der Waals surface area contributed by atoms with Gasteiger partial charge in [-0.25, -0.2) is 0 Å². The Balaban J connectivity index is 2.13. The van der Waals surface area contributed by atoms with E-state index in [2.05, 4.69) is 4.40 Å². The van der Waals surface area contributed by atoms with Crippen LogP contribution in [0.2, 0.25) is 0 Å². The van der Waals surface area contributed by atoms with Crippen LogP contribution in [-0.2, 0) is 10.0 Å². The molecule has 0 spiro atoms. The molecule has 0 fully saturated rings. The molecule has 1 heterocycles. The SMILES string of the molecule is COc1ccccc1-n1ccs/c1=N\S(=O)(=O)c1ccc(C)cc1. The fourth-order valence-electron chi connectivity index (χ4n) is 2.22. The molecule has 0 unspecified atom stereocenters. The average Bonchev–Trinajstić information content (AvgIpc) is 3.02. The maximum atomic E-state index is 12.5. The second-order valence-corrected chi connectivity index (χ2v) is 7.58. The van der Waals surface area contributed by atoms with Crippen LogP contribution in [0.1, 0.15) is 5.56 Å². The Morgan fingerprint density at radius 1 is 1.08 bits per heavy atom. The molecule has 0 bridgehead atoms. The third-order valence-electron chi connectivity index (χ3n) is 3.45. The van der Waals surface area contributed by atoms with Gasteiger partial charge < -0.3 is 4.74 Å². The van der Waals surface area contributed by atoms with E-state index in [0.29, 0.717) is 10.6 Å². The van der Waals surface area contributed by atoms with Gasteiger partial charge in [-0.15, -0.1) is 15.7 Å². The van der Waals surface area contributed by atoms with Crippen molar-refractivity contribution in [1.82, 2.24) is 4.57 Å². The molecule has 1 aromatic heterocycles. The van der Waals surface area contributed by atoms with Crippen LogP contribution in [0, 0.1) is 6.92 Å². The summed E-state index contributed by atoms with van der Waals surface area (Å²) in [4.78, 5) is 0.535. The highest BCUT2D eigenvalue weighted by Crippen LogP contribution is 2.21. The van der Waals surface area contributed by atoms with Gasteiger partial charge in [-0.1, -0.05) is 29.8 Å². The van der Waals surface area contributed by atoms with Gasteiger partial charge in [0.25, 0.3) is 10.0 Å². The van der Waals surface area contributed by atoms with Crippen molar-refractivity contribution in [3.05, 3.63) is 70.5 Å². The highest BCUT2D eigenvalue weighted by atomic mass is 32.2. The number of hydrogen-bond acceptors (Lipinski definition) is 4. The summed E-state index contributed by atoms with van der Waals surface area (Å²) in [6.45, 7) is 1.91. The summed E-state index contributed by atoms with van der Waals surface area (Å²) in [7, 11) is -2.20. The number of aryl methyl sites for hydroxylation is 1. The summed E-state index contributed by atoms with van der Waals surface area (Å²) in [5.74, 6) is 0.644. The van der Waals surface area contributed by atoms with Crippen molar-refractivity contribution in [2.45, 2.75) is 11.8 Å². The standard InChI is InChI=1S/C17H16N2O3S2/c1-13-7-9-14(10-8-13)24(20,21)18-17-19(11-12-23-17)15-5-3-4-6-16(15)22-2/h3-12H,1-2H3/b18-17-. The molecule has 0 aliphatic rings. The predicted molar refractivity (Wildman–Crippen MR) is 94.1 cm³/mol. The van der Waals surface area contributed by atoms with Crippen molar-refractivity contribution in [3.8, 4) is 11.4 Å². The van der Waals surface area contributed by atoms with Crippen molar-refractivity contribution in [3.63, 3.8) is 0 Å². The van der Waals surface area contributed by atoms with Crippen LogP contribution >= 0.6 is 11.3 Å². The molecule has 0 radical (unpaired) electrons. The monoisotopic (exact) mass is 360 g/mol. The first-order chi connectivity index (χ1) is 11.5. The lowest BCUT2D eigenvalue weighted by Crippen LogP contribution is -2.15. The third-order valence-corrected chi connectivity index (χ3v) is 5.60. The van der Waals surface area contributed by atoms with E-state index in [1.165, 1.54) is 11.3 Å². The largest absolute Gasteiger partial charge is 0.495 e. The van der Waals surface area contributed by atoms with E-state index in [-0.39, 0.29) is 4.90 Å². The lowest BCUT2D eigenvalue weighted by Gasteiger charge is -2.08. The molecule has 0 amide bonds. The van der Waals surface area contributed by atoms with Crippen LogP contribution in [0.4, 0.5) is 0 Å². The van der Waals surface area contributed by atoms with E-state index >= 15 is 0 Å². The van der Waals surface area contributed by atoms with Gasteiger partial charge in [0.2, 0.25) is 4.80 Å². The van der Waals surface area contributed by atoms with Gasteiger partial charge >= 0.3 is 0 Å². The Morgan fingerprint density at radius 3 is 2.50 bits per heavy atom. The van der Waals surface area contributed by atoms with E-state index < -0.39 is 10.0 Å². The maximum absolute atomic E-state index is 12.5. The number of thiazole rings is 1. The second kappa shape index (κ2) is 6.62. The van der Waals surface area contributed by atoms with Crippen LogP contribution in [0.5, 0.6) is 5.75 Å². The first-order valence-corrected chi connectivity index (χ1v) is 9.50. The first-order valence-electron chi connectivity index (χ1n) is 7.18. The number of rotatable bonds is 4. The van der Waals surface area contributed by atoms with E-state index in [0.717, 1.165) is 11.3 Å². The van der Waals surface area contributed by atoms with E-state index in [1.807, 2.05) is 31.2 Å². The van der Waals surface area contributed by atoms with Gasteiger partial charge in [0, 0.05) is 11.6 Å². The number of aromatic nitrogens is 1. The number of methoxy groups -OCH3 is 1. The molecule has 3 aromatic rings. The van der Waals surface area contributed by atoms with Crippen LogP contribution in [0.3, 0.4) is 0 Å². The quantitative estimate of drug-likeness (QED) is 0.718. The maximum Gasteiger partial charge on any atom is 0.285 e. The van der Waals surface area contributed by atoms with Gasteiger partial charge in [0.05, 0.1) is 17.7 Å². The molecule has 0 atom stereocenters. The Hall–Kier alpha value is -2.38. The lowest BCUT2D eigenvalue weighted by atomic mass is 10.2. The minimum Gasteiger partial charge on any atom is -0.495 e. The normalized spacial score (nSPS) is 12.3. The zero-order valence-corrected chi connectivity index (χ0v) is 14.8. The Labute approximate surface area is 144 Å². The van der Waals surface area contributed by atoms with Crippen molar-refractivity contribution in [2.75, 3.05) is 7.11 Å². The summed E-state index contributed by atoms with van der Waals surface area (Å²) >= 11 is 1.25. The highest BCUT2D eigenvalue weighted by Gasteiger charge is 2.14. The summed E-state index contributed by atoms with van der Waals surface area (Å²) < 4.78 is 36.1. The molecular formula is C17H16N2O3S2. The summed E-state index contributed by atoms with van der Waals surface area (Å²) in [5, 5.41) is 1.79. The minimum absolute atomic E-state index is 0.174. The van der Waals surface area contributed by atoms with Crippen molar-refractivity contribution >= 4 is 21.4 Å². The molecule has 24 heavy (non-hydrogen) atoms. The fourth-order valence-corrected chi connectivity index (χ4v) is 4.14. The Morgan fingerprint density at radius 2 is 1.79 bits per heavy atom. The second-order valence-electron chi connectivity index (χ2n) is 5.11. The number of hydrogen-bond donors (Lipinski definition) is 0. The number of sulfonamides is 1. The van der Waals surface area contributed by atoms with Crippen molar-refractivity contribution < 1.29 is 13.2 Å². The summed E-state index contributed by atoms with van der Waals surface area (Å²) in [6, 6.07) is 14.0. The van der Waals surface area contributed by atoms with Crippen LogP contribution < -0.4 is 9.54 Å². The third kappa shape index (κ3) is 3.27. The average molecular weight is 360 g/mol. The van der Waals surface area contributed by atoms with Gasteiger partial charge in [0.1, 0.15) is 5.75 Å². The molecule has 7 heteroatoms. The Bertz CT molecular complexity index is 1020. The molecular weight excluding hydrogens is 344 g/mol. The molecule has 5 nitrogen and oxygen atoms in total. The zero-order valence-electron chi connectivity index (χ0n) is 13.2. The highest BCUT2D eigenvalue weighted by molar-refractivity contribution is 7.90. The lowest BCUT2D eigenvalue weighted by molar-refractivity contribution is 0.412. The van der Waals surface area contributed by atoms with Crippen molar-refractivity contribution in [1.29, 1.82) is 0 Å².